The zero-order valence-electron chi connectivity index (χ0n) is 50.1. The van der Waals surface area contributed by atoms with Gasteiger partial charge in [-0.1, -0.05) is 61.9 Å². The van der Waals surface area contributed by atoms with Crippen molar-refractivity contribution in [3.8, 4) is 33.8 Å². The van der Waals surface area contributed by atoms with Gasteiger partial charge in [-0.25, -0.2) is 14.4 Å². The number of rotatable bonds is 20. The highest BCUT2D eigenvalue weighted by Crippen LogP contribution is 2.40. The number of carbonyl (C=O) groups is 8. The van der Waals surface area contributed by atoms with Crippen molar-refractivity contribution in [3.63, 3.8) is 0 Å². The fourth-order valence-corrected chi connectivity index (χ4v) is 8.70. The molecule has 0 unspecified atom stereocenters. The summed E-state index contributed by atoms with van der Waals surface area (Å²) in [5.74, 6) is -3.07. The van der Waals surface area contributed by atoms with Crippen LogP contribution in [0.15, 0.2) is 84.9 Å². The first-order valence-electron chi connectivity index (χ1n) is 27.9. The van der Waals surface area contributed by atoms with E-state index in [9.17, 15) is 28.8 Å². The Balaban J connectivity index is 1.62. The summed E-state index contributed by atoms with van der Waals surface area (Å²) in [5, 5.41) is 16.3. The van der Waals surface area contributed by atoms with Gasteiger partial charge in [0.2, 0.25) is 17.7 Å². The normalized spacial score (nSPS) is 15.8. The summed E-state index contributed by atoms with van der Waals surface area (Å²) in [6, 6.07) is 19.8. The second-order valence-electron chi connectivity index (χ2n) is 23.2. The molecule has 0 fully saturated rings. The zero-order valence-corrected chi connectivity index (χ0v) is 50.1. The van der Waals surface area contributed by atoms with Crippen molar-refractivity contribution < 1.29 is 66.8 Å². The van der Waals surface area contributed by atoms with Gasteiger partial charge in [0, 0.05) is 29.8 Å². The Morgan fingerprint density at radius 3 is 1.71 bits per heavy atom. The van der Waals surface area contributed by atoms with Gasteiger partial charge in [-0.05, 0) is 153 Å². The molecule has 1 heterocycles. The average molecular weight is 1150 g/mol. The Kier molecular flexibility index (Phi) is 23.3. The molecule has 4 atom stereocenters. The molecule has 4 aromatic rings. The first-order chi connectivity index (χ1) is 39.0. The van der Waals surface area contributed by atoms with Crippen molar-refractivity contribution in [1.82, 2.24) is 36.8 Å². The number of nitrogens with one attached hydrogen (secondary N) is 6. The summed E-state index contributed by atoms with van der Waals surface area (Å²) in [6.45, 7) is 18.4. The molecule has 83 heavy (non-hydrogen) atoms. The van der Waals surface area contributed by atoms with Gasteiger partial charge in [-0.2, -0.15) is 0 Å². The van der Waals surface area contributed by atoms with Gasteiger partial charge in [0.15, 0.2) is 0 Å². The number of likely N-dealkylation sites (N-methyl/N-ethyl adjacent to an activating group) is 1. The topological polar surface area (TPSA) is 267 Å². The van der Waals surface area contributed by atoms with Crippen LogP contribution in [0, 0.1) is 0 Å². The number of alkyl carbamates (subject to hydrolysis) is 3. The summed E-state index contributed by atoms with van der Waals surface area (Å²) < 4.78 is 34.0. The number of hydrogen-bond donors (Lipinski definition) is 6. The predicted molar refractivity (Wildman–Crippen MR) is 313 cm³/mol. The molecule has 0 aromatic heterocycles. The van der Waals surface area contributed by atoms with Crippen LogP contribution in [0.25, 0.3) is 22.3 Å². The van der Waals surface area contributed by atoms with Crippen LogP contribution < -0.4 is 41.4 Å². The molecule has 450 valence electrons. The Labute approximate surface area is 486 Å². The standard InChI is InChI=1S/C62H83N7O14/c1-14-15-16-39-17-20-41(21-18-39)42-22-24-43(25-23-42)54(72)68-48(37-65-59(77)83-62(9,10)11)56(74)69(12)52-44-26-28-50(80-32-30-64-58(76)82-61(6,7)8)47(35-44)46-34-40(19-27-49(46)79-31-29-63-57(75)81-60(3,4)5)33-45(36-51(70)78-13)67-53(71)38(2)66-55(52)73/h17-28,34-35,38,45,48,52H,14-16,29-33,36-37H2,1-13H3,(H,63,75)(H,64,76)(H,65,77)(H,66,73)(H,67,71)(H,68,72)/t38-,45-,48-,52-/m0/s1. The van der Waals surface area contributed by atoms with Crippen molar-refractivity contribution in [3.05, 3.63) is 107 Å². The van der Waals surface area contributed by atoms with Crippen molar-refractivity contribution in [2.24, 2.45) is 0 Å². The van der Waals surface area contributed by atoms with E-state index in [2.05, 4.69) is 51.0 Å². The number of unbranched alkanes of at least 4 members (excludes halogenated alkanes) is 1. The van der Waals surface area contributed by atoms with Gasteiger partial charge < -0.3 is 65.2 Å². The second kappa shape index (κ2) is 29.6. The summed E-state index contributed by atoms with van der Waals surface area (Å²) in [7, 11) is 2.57. The van der Waals surface area contributed by atoms with Crippen molar-refractivity contribution in [2.75, 3.05) is 47.0 Å². The third-order valence-corrected chi connectivity index (χ3v) is 12.6. The van der Waals surface area contributed by atoms with Gasteiger partial charge in [0.05, 0.1) is 33.2 Å². The molecular formula is C62H83N7O14. The Morgan fingerprint density at radius 1 is 0.663 bits per heavy atom. The van der Waals surface area contributed by atoms with E-state index < -0.39 is 95.4 Å². The molecule has 0 saturated carbocycles. The average Bonchev–Trinajstić information content (AvgIpc) is 3.41. The fraction of sp³-hybridized carbons (Fsp3) is 0.484. The molecule has 0 aliphatic carbocycles. The Hall–Kier alpha value is -8.36. The largest absolute Gasteiger partial charge is 0.491 e. The Morgan fingerprint density at radius 2 is 1.18 bits per heavy atom. The SMILES string of the molecule is CCCCc1ccc(-c2ccc(C(=O)N[C@@H](CNC(=O)OC(C)(C)C)C(=O)N(C)[C@@H]3C(=O)N[C@@H](C)C(=O)N[C@H](CC(=O)OC)Cc4ccc(OCCNC(=O)OC(C)(C)C)c(c4)-c4cc3ccc4OCCNC(=O)OC(C)(C)C)cc2)cc1. The predicted octanol–water partition coefficient (Wildman–Crippen LogP) is 8.10. The first-order valence-corrected chi connectivity index (χ1v) is 27.9. The third kappa shape index (κ3) is 21.2. The Bertz CT molecular complexity index is 2910. The lowest BCUT2D eigenvalue weighted by atomic mass is 9.93. The molecular weight excluding hydrogens is 1070 g/mol. The van der Waals surface area contributed by atoms with Gasteiger partial charge in [-0.15, -0.1) is 0 Å². The van der Waals surface area contributed by atoms with Gasteiger partial charge >= 0.3 is 24.2 Å². The van der Waals surface area contributed by atoms with Crippen LogP contribution in [-0.2, 0) is 51.0 Å². The van der Waals surface area contributed by atoms with Crippen molar-refractivity contribution >= 4 is 47.9 Å². The van der Waals surface area contributed by atoms with E-state index in [1.807, 2.05) is 12.1 Å². The van der Waals surface area contributed by atoms with Crippen molar-refractivity contribution in [1.29, 1.82) is 0 Å². The summed E-state index contributed by atoms with van der Waals surface area (Å²) >= 11 is 0. The number of fused-ring (bicyclic) bond motifs is 5. The van der Waals surface area contributed by atoms with E-state index in [0.29, 0.717) is 16.7 Å². The molecule has 6 N–H and O–H groups in total. The maximum absolute atomic E-state index is 15.2. The molecule has 0 saturated heterocycles. The number of nitrogens with zero attached hydrogens (tertiary/aromatic N) is 1. The van der Waals surface area contributed by atoms with Gasteiger partial charge in [0.1, 0.15) is 59.6 Å². The molecule has 5 rings (SSSR count). The molecule has 0 spiro atoms. The van der Waals surface area contributed by atoms with Gasteiger partial charge in [-0.3, -0.25) is 24.0 Å². The quantitative estimate of drug-likeness (QED) is 0.0277. The van der Waals surface area contributed by atoms with Gasteiger partial charge in [0.25, 0.3) is 5.91 Å². The number of methoxy groups -OCH3 is 1. The number of hydrogen-bond acceptors (Lipinski definition) is 14. The summed E-state index contributed by atoms with van der Waals surface area (Å²) in [6.07, 6.45) is 0.792. The van der Waals surface area contributed by atoms with E-state index in [1.165, 1.54) is 26.6 Å². The number of benzene rings is 4. The number of carbonyl (C=O) groups excluding carboxylic acids is 8. The van der Waals surface area contributed by atoms with Crippen LogP contribution in [0.1, 0.15) is 129 Å². The lowest BCUT2D eigenvalue weighted by Crippen LogP contribution is -2.56. The fourth-order valence-electron chi connectivity index (χ4n) is 8.70. The molecule has 21 heteroatoms. The van der Waals surface area contributed by atoms with E-state index in [0.717, 1.165) is 35.3 Å². The van der Waals surface area contributed by atoms with Crippen LogP contribution in [0.2, 0.25) is 0 Å². The maximum Gasteiger partial charge on any atom is 0.407 e. The molecule has 4 bridgehead atoms. The molecule has 4 aromatic carbocycles. The molecule has 21 nitrogen and oxygen atoms in total. The number of amides is 7. The second-order valence-corrected chi connectivity index (χ2v) is 23.2. The molecule has 7 amide bonds. The minimum absolute atomic E-state index is 0.00642. The lowest BCUT2D eigenvalue weighted by molar-refractivity contribution is -0.142. The minimum atomic E-state index is -1.56. The van der Waals surface area contributed by atoms with Crippen LogP contribution in [0.3, 0.4) is 0 Å². The van der Waals surface area contributed by atoms with Crippen LogP contribution in [0.5, 0.6) is 11.5 Å². The number of esters is 1. The minimum Gasteiger partial charge on any atom is -0.491 e. The maximum atomic E-state index is 15.2. The highest BCUT2D eigenvalue weighted by molar-refractivity contribution is 5.99. The van der Waals surface area contributed by atoms with Crippen molar-refractivity contribution in [2.45, 2.75) is 149 Å². The highest BCUT2D eigenvalue weighted by atomic mass is 16.6. The highest BCUT2D eigenvalue weighted by Gasteiger charge is 2.37. The van der Waals surface area contributed by atoms with Crippen LogP contribution in [0.4, 0.5) is 14.4 Å². The zero-order chi connectivity index (χ0) is 61.2. The van der Waals surface area contributed by atoms with Crippen LogP contribution in [-0.4, -0.2) is 135 Å². The third-order valence-electron chi connectivity index (χ3n) is 12.6. The van der Waals surface area contributed by atoms with E-state index >= 15 is 9.59 Å². The number of aryl methyl sites for hydroxylation is 1. The smallest absolute Gasteiger partial charge is 0.407 e. The molecule has 1 aliphatic heterocycles. The van der Waals surface area contributed by atoms with E-state index in [-0.39, 0.29) is 61.8 Å². The monoisotopic (exact) mass is 1150 g/mol. The summed E-state index contributed by atoms with van der Waals surface area (Å²) in [4.78, 5) is 111. The summed E-state index contributed by atoms with van der Waals surface area (Å²) in [5.41, 5.74) is 2.34. The van der Waals surface area contributed by atoms with E-state index in [4.69, 9.17) is 28.4 Å². The first kappa shape index (κ1) is 65.5. The number of ether oxygens (including phenoxy) is 6. The molecule has 0 radical (unpaired) electrons. The van der Waals surface area contributed by atoms with E-state index in [1.54, 1.807) is 123 Å². The molecule has 1 aliphatic rings. The van der Waals surface area contributed by atoms with Crippen LogP contribution >= 0.6 is 0 Å². The lowest BCUT2D eigenvalue weighted by Gasteiger charge is -2.33.